The van der Waals surface area contributed by atoms with Gasteiger partial charge in [-0.25, -0.2) is 0 Å². The number of aromatic nitrogens is 2. The Labute approximate surface area is 117 Å². The van der Waals surface area contributed by atoms with Gasteiger partial charge in [0.2, 0.25) is 0 Å². The summed E-state index contributed by atoms with van der Waals surface area (Å²) in [6.07, 6.45) is 1.90. The molecule has 20 heavy (non-hydrogen) atoms. The molecule has 98 valence electrons. The standard InChI is InChI=1S/C18H16N2/c1-3-13-11-7-5-10-16-17(11)18-12(14(4-2)20-16)8-6-9-15(18)19-13/h5-10H,3-4H2,1-2H3. The van der Waals surface area contributed by atoms with E-state index in [1.54, 1.807) is 0 Å². The van der Waals surface area contributed by atoms with Crippen LogP contribution in [-0.4, -0.2) is 9.97 Å². The summed E-state index contributed by atoms with van der Waals surface area (Å²) in [5.41, 5.74) is 4.53. The molecule has 2 heteroatoms. The fraction of sp³-hybridized carbons (Fsp3) is 0.222. The minimum Gasteiger partial charge on any atom is -0.252 e. The van der Waals surface area contributed by atoms with Gasteiger partial charge in [-0.05, 0) is 25.0 Å². The Morgan fingerprint density at radius 2 is 1.15 bits per heavy atom. The zero-order valence-corrected chi connectivity index (χ0v) is 11.8. The third-order valence-corrected chi connectivity index (χ3v) is 4.14. The molecule has 0 radical (unpaired) electrons. The highest BCUT2D eigenvalue weighted by molar-refractivity contribution is 6.21. The van der Waals surface area contributed by atoms with Gasteiger partial charge in [0.15, 0.2) is 0 Å². The maximum Gasteiger partial charge on any atom is 0.0719 e. The van der Waals surface area contributed by atoms with Crippen LogP contribution in [0.5, 0.6) is 0 Å². The van der Waals surface area contributed by atoms with Crippen LogP contribution in [0.3, 0.4) is 0 Å². The second-order valence-electron chi connectivity index (χ2n) is 5.22. The van der Waals surface area contributed by atoms with E-state index < -0.39 is 0 Å². The van der Waals surface area contributed by atoms with E-state index in [1.165, 1.54) is 32.9 Å². The van der Waals surface area contributed by atoms with E-state index in [-0.39, 0.29) is 0 Å². The van der Waals surface area contributed by atoms with Gasteiger partial charge in [-0.1, -0.05) is 38.1 Å². The Morgan fingerprint density at radius 1 is 0.700 bits per heavy atom. The summed E-state index contributed by atoms with van der Waals surface area (Å²) in [4.78, 5) is 9.74. The molecule has 0 N–H and O–H groups in total. The molecule has 0 atom stereocenters. The summed E-state index contributed by atoms with van der Waals surface area (Å²) in [7, 11) is 0. The van der Waals surface area contributed by atoms with Gasteiger partial charge in [0.25, 0.3) is 0 Å². The van der Waals surface area contributed by atoms with Crippen LogP contribution in [0.4, 0.5) is 0 Å². The Balaban J connectivity index is 2.38. The molecule has 0 unspecified atom stereocenters. The molecule has 0 amide bonds. The second kappa shape index (κ2) is 4.14. The molecule has 0 bridgehead atoms. The van der Waals surface area contributed by atoms with E-state index in [9.17, 15) is 0 Å². The van der Waals surface area contributed by atoms with Crippen LogP contribution in [0.15, 0.2) is 36.4 Å². The van der Waals surface area contributed by atoms with E-state index in [1.807, 2.05) is 0 Å². The Kier molecular flexibility index (Phi) is 2.40. The topological polar surface area (TPSA) is 25.8 Å². The minimum absolute atomic E-state index is 0.949. The summed E-state index contributed by atoms with van der Waals surface area (Å²) in [5, 5.41) is 5.07. The Morgan fingerprint density at radius 3 is 1.55 bits per heavy atom. The molecule has 0 aliphatic rings. The first-order chi connectivity index (χ1) is 9.83. The average Bonchev–Trinajstić information content (AvgIpc) is 2.51. The lowest BCUT2D eigenvalue weighted by atomic mass is 9.96. The maximum atomic E-state index is 4.87. The zero-order chi connectivity index (χ0) is 13.7. The SMILES string of the molecule is CCc1nc2cccc3c(CC)nc4cccc1c4c23. The maximum absolute atomic E-state index is 4.87. The van der Waals surface area contributed by atoms with Crippen molar-refractivity contribution in [2.75, 3.05) is 0 Å². The molecule has 4 rings (SSSR count). The molecule has 0 spiro atoms. The van der Waals surface area contributed by atoms with Crippen molar-refractivity contribution in [1.29, 1.82) is 0 Å². The molecule has 2 aromatic heterocycles. The summed E-state index contributed by atoms with van der Waals surface area (Å²) >= 11 is 0. The van der Waals surface area contributed by atoms with Gasteiger partial charge in [-0.3, -0.25) is 9.97 Å². The van der Waals surface area contributed by atoms with Crippen LogP contribution in [0.25, 0.3) is 32.6 Å². The van der Waals surface area contributed by atoms with Crippen molar-refractivity contribution in [1.82, 2.24) is 9.97 Å². The number of aryl methyl sites for hydroxylation is 2. The number of benzene rings is 2. The van der Waals surface area contributed by atoms with Crippen LogP contribution in [0.1, 0.15) is 25.2 Å². The van der Waals surface area contributed by atoms with Crippen LogP contribution < -0.4 is 0 Å². The third kappa shape index (κ3) is 1.39. The number of pyridine rings is 2. The van der Waals surface area contributed by atoms with Crippen LogP contribution >= 0.6 is 0 Å². The molecule has 0 saturated heterocycles. The van der Waals surface area contributed by atoms with Crippen molar-refractivity contribution in [2.24, 2.45) is 0 Å². The average molecular weight is 260 g/mol. The molecule has 4 aromatic rings. The molecular formula is C18H16N2. The molecular weight excluding hydrogens is 244 g/mol. The first-order valence-corrected chi connectivity index (χ1v) is 7.25. The highest BCUT2D eigenvalue weighted by Crippen LogP contribution is 2.35. The normalized spacial score (nSPS) is 11.9. The number of hydrogen-bond donors (Lipinski definition) is 0. The molecule has 0 saturated carbocycles. The van der Waals surface area contributed by atoms with Gasteiger partial charge in [0.05, 0.1) is 11.0 Å². The van der Waals surface area contributed by atoms with Crippen molar-refractivity contribution in [3.8, 4) is 0 Å². The van der Waals surface area contributed by atoms with Gasteiger partial charge in [-0.15, -0.1) is 0 Å². The Hall–Kier alpha value is -2.22. The summed E-state index contributed by atoms with van der Waals surface area (Å²) in [5.74, 6) is 0. The third-order valence-electron chi connectivity index (χ3n) is 4.14. The van der Waals surface area contributed by atoms with Crippen molar-refractivity contribution in [2.45, 2.75) is 26.7 Å². The molecule has 0 fully saturated rings. The highest BCUT2D eigenvalue weighted by atomic mass is 14.7. The van der Waals surface area contributed by atoms with Crippen molar-refractivity contribution in [3.05, 3.63) is 47.8 Å². The van der Waals surface area contributed by atoms with Crippen LogP contribution in [-0.2, 0) is 12.8 Å². The van der Waals surface area contributed by atoms with Gasteiger partial charge >= 0.3 is 0 Å². The molecule has 0 aliphatic heterocycles. The predicted octanol–water partition coefficient (Wildman–Crippen LogP) is 4.50. The molecule has 0 aliphatic carbocycles. The second-order valence-corrected chi connectivity index (χ2v) is 5.22. The monoisotopic (exact) mass is 260 g/mol. The first-order valence-electron chi connectivity index (χ1n) is 7.25. The van der Waals surface area contributed by atoms with E-state index in [0.717, 1.165) is 23.9 Å². The lowest BCUT2D eigenvalue weighted by Gasteiger charge is -2.14. The lowest BCUT2D eigenvalue weighted by Crippen LogP contribution is -1.98. The van der Waals surface area contributed by atoms with Crippen molar-refractivity contribution >= 4 is 32.6 Å². The summed E-state index contributed by atoms with van der Waals surface area (Å²) in [6.45, 7) is 4.33. The quantitative estimate of drug-likeness (QED) is 0.496. The first kappa shape index (κ1) is 11.6. The van der Waals surface area contributed by atoms with E-state index >= 15 is 0 Å². The summed E-state index contributed by atoms with van der Waals surface area (Å²) in [6, 6.07) is 12.8. The van der Waals surface area contributed by atoms with Crippen molar-refractivity contribution < 1.29 is 0 Å². The lowest BCUT2D eigenvalue weighted by molar-refractivity contribution is 1.07. The predicted molar refractivity (Wildman–Crippen MR) is 84.5 cm³/mol. The van der Waals surface area contributed by atoms with E-state index in [4.69, 9.17) is 9.97 Å². The van der Waals surface area contributed by atoms with E-state index in [0.29, 0.717) is 0 Å². The van der Waals surface area contributed by atoms with Crippen LogP contribution in [0, 0.1) is 0 Å². The fourth-order valence-corrected chi connectivity index (χ4v) is 3.22. The molecule has 2 aromatic carbocycles. The highest BCUT2D eigenvalue weighted by Gasteiger charge is 2.15. The van der Waals surface area contributed by atoms with Crippen molar-refractivity contribution in [3.63, 3.8) is 0 Å². The smallest absolute Gasteiger partial charge is 0.0719 e. The number of rotatable bonds is 2. The van der Waals surface area contributed by atoms with Gasteiger partial charge in [-0.2, -0.15) is 0 Å². The fourth-order valence-electron chi connectivity index (χ4n) is 3.22. The van der Waals surface area contributed by atoms with E-state index in [2.05, 4.69) is 50.2 Å². The minimum atomic E-state index is 0.949. The molecule has 2 heterocycles. The zero-order valence-electron chi connectivity index (χ0n) is 11.8. The van der Waals surface area contributed by atoms with Gasteiger partial charge < -0.3 is 0 Å². The molecule has 2 nitrogen and oxygen atoms in total. The van der Waals surface area contributed by atoms with Gasteiger partial charge in [0.1, 0.15) is 0 Å². The summed E-state index contributed by atoms with van der Waals surface area (Å²) < 4.78 is 0. The Bertz CT molecular complexity index is 847. The van der Waals surface area contributed by atoms with Crippen LogP contribution in [0.2, 0.25) is 0 Å². The largest absolute Gasteiger partial charge is 0.252 e. The number of hydrogen-bond acceptors (Lipinski definition) is 2. The number of nitrogens with zero attached hydrogens (tertiary/aromatic N) is 2. The van der Waals surface area contributed by atoms with Gasteiger partial charge in [0, 0.05) is 32.9 Å².